The van der Waals surface area contributed by atoms with E-state index < -0.39 is 5.91 Å². The van der Waals surface area contributed by atoms with E-state index in [1.807, 2.05) is 25.1 Å². The van der Waals surface area contributed by atoms with E-state index in [-0.39, 0.29) is 11.6 Å². The molecular formula is C20H17ClN4O2. The molecule has 0 bridgehead atoms. The zero-order valence-corrected chi connectivity index (χ0v) is 15.4. The van der Waals surface area contributed by atoms with Crippen molar-refractivity contribution < 1.29 is 9.90 Å². The lowest BCUT2D eigenvalue weighted by atomic mass is 10.1. The van der Waals surface area contributed by atoms with Crippen molar-refractivity contribution >= 4 is 34.1 Å². The Morgan fingerprint density at radius 3 is 2.81 bits per heavy atom. The van der Waals surface area contributed by atoms with Gasteiger partial charge in [-0.25, -0.2) is 0 Å². The van der Waals surface area contributed by atoms with Gasteiger partial charge in [-0.1, -0.05) is 35.9 Å². The number of aryl methyl sites for hydroxylation is 2. The highest BCUT2D eigenvalue weighted by Gasteiger charge is 2.16. The van der Waals surface area contributed by atoms with Gasteiger partial charge in [0.25, 0.3) is 5.91 Å². The maximum atomic E-state index is 12.3. The van der Waals surface area contributed by atoms with E-state index in [2.05, 4.69) is 16.3 Å². The molecule has 0 saturated heterocycles. The van der Waals surface area contributed by atoms with Crippen LogP contribution in [0.5, 0.6) is 5.88 Å². The first-order valence-corrected chi connectivity index (χ1v) is 8.80. The number of aromatic nitrogens is 1. The maximum absolute atomic E-state index is 12.3. The third kappa shape index (κ3) is 3.83. The van der Waals surface area contributed by atoms with Crippen LogP contribution in [-0.4, -0.2) is 15.6 Å². The van der Waals surface area contributed by atoms with Gasteiger partial charge in [0.05, 0.1) is 11.6 Å². The highest BCUT2D eigenvalue weighted by molar-refractivity contribution is 6.31. The van der Waals surface area contributed by atoms with Crippen LogP contribution in [0.4, 0.5) is 5.69 Å². The van der Waals surface area contributed by atoms with E-state index in [0.717, 1.165) is 11.1 Å². The number of nitrogens with zero attached hydrogens (tertiary/aromatic N) is 4. The molecule has 0 unspecified atom stereocenters. The number of rotatable bonds is 5. The standard InChI is InChI=1S/C20H17ClN4O2/c1-13-8-9-14(12-16(13)21)19(26)24-23-18-15-6-2-3-7-17(15)25(20(18)27)11-5-4-10-22/h2-3,6-9,12,27H,4-5,11H2,1H3. The minimum absolute atomic E-state index is 0.0763. The van der Waals surface area contributed by atoms with Crippen molar-refractivity contribution in [2.75, 3.05) is 0 Å². The minimum atomic E-state index is -0.544. The van der Waals surface area contributed by atoms with E-state index in [1.54, 1.807) is 28.8 Å². The largest absolute Gasteiger partial charge is 0.493 e. The second-order valence-electron chi connectivity index (χ2n) is 6.07. The van der Waals surface area contributed by atoms with Gasteiger partial charge in [0.1, 0.15) is 0 Å². The quantitative estimate of drug-likeness (QED) is 0.465. The smallest absolute Gasteiger partial charge is 0.295 e. The van der Waals surface area contributed by atoms with Gasteiger partial charge < -0.3 is 9.67 Å². The summed E-state index contributed by atoms with van der Waals surface area (Å²) in [6.45, 7) is 2.31. The topological polar surface area (TPSA) is 90.7 Å². The molecule has 1 heterocycles. The first kappa shape index (κ1) is 18.6. The van der Waals surface area contributed by atoms with Crippen molar-refractivity contribution in [2.45, 2.75) is 26.3 Å². The van der Waals surface area contributed by atoms with Crippen molar-refractivity contribution in [3.63, 3.8) is 0 Å². The Hall–Kier alpha value is -3.17. The van der Waals surface area contributed by atoms with Crippen molar-refractivity contribution in [3.05, 3.63) is 58.6 Å². The third-order valence-electron chi connectivity index (χ3n) is 4.25. The van der Waals surface area contributed by atoms with Gasteiger partial charge in [-0.2, -0.15) is 5.26 Å². The molecule has 0 fully saturated rings. The van der Waals surface area contributed by atoms with E-state index in [0.29, 0.717) is 35.4 Å². The predicted octanol–water partition coefficient (Wildman–Crippen LogP) is 5.54. The highest BCUT2D eigenvalue weighted by Crippen LogP contribution is 2.39. The van der Waals surface area contributed by atoms with Crippen LogP contribution < -0.4 is 0 Å². The molecule has 0 aliphatic carbocycles. The molecule has 6 nitrogen and oxygen atoms in total. The molecule has 0 radical (unpaired) electrons. The van der Waals surface area contributed by atoms with Crippen molar-refractivity contribution in [1.82, 2.24) is 4.57 Å². The van der Waals surface area contributed by atoms with Crippen molar-refractivity contribution in [1.29, 1.82) is 5.26 Å². The van der Waals surface area contributed by atoms with Gasteiger partial charge in [-0.15, -0.1) is 10.2 Å². The fourth-order valence-electron chi connectivity index (χ4n) is 2.79. The summed E-state index contributed by atoms with van der Waals surface area (Å²) >= 11 is 6.05. The summed E-state index contributed by atoms with van der Waals surface area (Å²) in [7, 11) is 0. The number of unbranched alkanes of at least 4 members (excludes halogenated alkanes) is 1. The van der Waals surface area contributed by atoms with Gasteiger partial charge in [-0.05, 0) is 37.1 Å². The lowest BCUT2D eigenvalue weighted by Gasteiger charge is -2.04. The molecule has 27 heavy (non-hydrogen) atoms. The Morgan fingerprint density at radius 2 is 2.07 bits per heavy atom. The number of carbonyl (C=O) groups excluding carboxylic acids is 1. The molecule has 2 aromatic carbocycles. The van der Waals surface area contributed by atoms with Crippen LogP contribution in [0, 0.1) is 18.3 Å². The first-order chi connectivity index (χ1) is 13.0. The number of hydrogen-bond acceptors (Lipinski definition) is 4. The summed E-state index contributed by atoms with van der Waals surface area (Å²) in [5.74, 6) is -0.620. The summed E-state index contributed by atoms with van der Waals surface area (Å²) < 4.78 is 1.67. The molecule has 136 valence electrons. The number of nitriles is 1. The van der Waals surface area contributed by atoms with Crippen molar-refractivity contribution in [3.8, 4) is 11.9 Å². The Morgan fingerprint density at radius 1 is 1.30 bits per heavy atom. The molecule has 0 saturated carbocycles. The number of azo groups is 1. The van der Waals surface area contributed by atoms with Crippen LogP contribution in [0.15, 0.2) is 52.7 Å². The van der Waals surface area contributed by atoms with Crippen LogP contribution in [0.3, 0.4) is 0 Å². The lowest BCUT2D eigenvalue weighted by molar-refractivity contribution is 0.0995. The monoisotopic (exact) mass is 380 g/mol. The molecular weight excluding hydrogens is 364 g/mol. The van der Waals surface area contributed by atoms with Crippen LogP contribution in [-0.2, 0) is 6.54 Å². The summed E-state index contributed by atoms with van der Waals surface area (Å²) in [5.41, 5.74) is 2.19. The number of amides is 1. The van der Waals surface area contributed by atoms with Gasteiger partial charge in [0.2, 0.25) is 5.88 Å². The number of carbonyl (C=O) groups is 1. The summed E-state index contributed by atoms with van der Waals surface area (Å²) in [5, 5.41) is 28.2. The van der Waals surface area contributed by atoms with E-state index in [1.165, 1.54) is 0 Å². The second kappa shape index (κ2) is 8.02. The Kier molecular flexibility index (Phi) is 5.53. The van der Waals surface area contributed by atoms with Gasteiger partial charge in [0, 0.05) is 28.9 Å². The molecule has 0 spiro atoms. The minimum Gasteiger partial charge on any atom is -0.493 e. The zero-order chi connectivity index (χ0) is 19.4. The number of para-hydroxylation sites is 1. The van der Waals surface area contributed by atoms with Gasteiger partial charge >= 0.3 is 0 Å². The van der Waals surface area contributed by atoms with E-state index in [9.17, 15) is 9.90 Å². The lowest BCUT2D eigenvalue weighted by Crippen LogP contribution is -1.96. The number of halogens is 1. The number of benzene rings is 2. The average Bonchev–Trinajstić information content (AvgIpc) is 2.94. The Bertz CT molecular complexity index is 1080. The van der Waals surface area contributed by atoms with Crippen LogP contribution >= 0.6 is 11.6 Å². The van der Waals surface area contributed by atoms with Crippen LogP contribution in [0.2, 0.25) is 5.02 Å². The highest BCUT2D eigenvalue weighted by atomic mass is 35.5. The SMILES string of the molecule is Cc1ccc(C(=O)N=Nc2c(O)n(CCCC#N)c3ccccc23)cc1Cl. The Labute approximate surface area is 161 Å². The maximum Gasteiger partial charge on any atom is 0.295 e. The molecule has 3 rings (SSSR count). The molecule has 7 heteroatoms. The first-order valence-electron chi connectivity index (χ1n) is 8.42. The molecule has 0 aliphatic heterocycles. The molecule has 1 N–H and O–H groups in total. The normalized spacial score (nSPS) is 11.1. The second-order valence-corrected chi connectivity index (χ2v) is 6.48. The predicted molar refractivity (Wildman–Crippen MR) is 103 cm³/mol. The molecule has 3 aromatic rings. The summed E-state index contributed by atoms with van der Waals surface area (Å²) in [6, 6.07) is 14.3. The molecule has 1 amide bonds. The third-order valence-corrected chi connectivity index (χ3v) is 4.65. The fourth-order valence-corrected chi connectivity index (χ4v) is 2.97. The number of hydrogen-bond donors (Lipinski definition) is 1. The van der Waals surface area contributed by atoms with Crippen LogP contribution in [0.25, 0.3) is 10.9 Å². The summed E-state index contributed by atoms with van der Waals surface area (Å²) in [4.78, 5) is 12.3. The molecule has 0 aliphatic rings. The average molecular weight is 381 g/mol. The van der Waals surface area contributed by atoms with E-state index >= 15 is 0 Å². The Balaban J connectivity index is 1.95. The van der Waals surface area contributed by atoms with Gasteiger partial charge in [0.15, 0.2) is 5.69 Å². The van der Waals surface area contributed by atoms with Crippen LogP contribution in [0.1, 0.15) is 28.8 Å². The summed E-state index contributed by atoms with van der Waals surface area (Å²) in [6.07, 6.45) is 0.982. The van der Waals surface area contributed by atoms with Crippen molar-refractivity contribution in [2.24, 2.45) is 10.2 Å². The number of aromatic hydroxyl groups is 1. The van der Waals surface area contributed by atoms with E-state index in [4.69, 9.17) is 16.9 Å². The zero-order valence-electron chi connectivity index (χ0n) is 14.7. The molecule has 0 atom stereocenters. The number of fused-ring (bicyclic) bond motifs is 1. The van der Waals surface area contributed by atoms with Gasteiger partial charge in [-0.3, -0.25) is 4.79 Å². The molecule has 1 aromatic heterocycles. The fraction of sp³-hybridized carbons (Fsp3) is 0.200.